The fraction of sp³-hybridized carbons (Fsp3) is 0.714. The van der Waals surface area contributed by atoms with Gasteiger partial charge in [-0.25, -0.2) is 9.78 Å². The van der Waals surface area contributed by atoms with Crippen LogP contribution in [0.3, 0.4) is 0 Å². The molecule has 1 aromatic rings. The molecule has 20 heavy (non-hydrogen) atoms. The van der Waals surface area contributed by atoms with Crippen LogP contribution in [0.2, 0.25) is 0 Å². The largest absolute Gasteiger partial charge is 0.464 e. The van der Waals surface area contributed by atoms with Crippen molar-refractivity contribution in [1.82, 2.24) is 9.55 Å². The van der Waals surface area contributed by atoms with E-state index in [0.717, 1.165) is 25.7 Å². The van der Waals surface area contributed by atoms with E-state index >= 15 is 0 Å². The Kier molecular flexibility index (Phi) is 4.32. The number of nitrogen functional groups attached to an aromatic ring is 1. The van der Waals surface area contributed by atoms with Gasteiger partial charge in [0.15, 0.2) is 5.69 Å². The summed E-state index contributed by atoms with van der Waals surface area (Å²) in [5.74, 6) is -0.115. The first-order chi connectivity index (χ1) is 9.56. The lowest BCUT2D eigenvalue weighted by Gasteiger charge is -2.40. The van der Waals surface area contributed by atoms with E-state index in [9.17, 15) is 4.79 Å². The number of hydrogen-bond donors (Lipinski definition) is 1. The first kappa shape index (κ1) is 14.8. The minimum atomic E-state index is -0.495. The maximum atomic E-state index is 11.6. The molecule has 1 saturated heterocycles. The van der Waals surface area contributed by atoms with Crippen LogP contribution < -0.4 is 5.73 Å². The lowest BCUT2D eigenvalue weighted by atomic mass is 9.86. The number of carbonyl (C=O) groups is 1. The van der Waals surface area contributed by atoms with E-state index in [1.54, 1.807) is 6.33 Å². The maximum Gasteiger partial charge on any atom is 0.360 e. The van der Waals surface area contributed by atoms with Crippen molar-refractivity contribution < 1.29 is 14.3 Å². The predicted octanol–water partition coefficient (Wildman–Crippen LogP) is 2.16. The molecule has 2 heterocycles. The van der Waals surface area contributed by atoms with Gasteiger partial charge in [-0.2, -0.15) is 0 Å². The molecule has 0 spiro atoms. The Bertz CT molecular complexity index is 480. The first-order valence-corrected chi connectivity index (χ1v) is 7.11. The van der Waals surface area contributed by atoms with Gasteiger partial charge in [0.2, 0.25) is 0 Å². The minimum Gasteiger partial charge on any atom is -0.464 e. The van der Waals surface area contributed by atoms with Crippen molar-refractivity contribution in [2.45, 2.75) is 51.2 Å². The summed E-state index contributed by atoms with van der Waals surface area (Å²) in [6.45, 7) is 4.99. The van der Waals surface area contributed by atoms with E-state index < -0.39 is 5.97 Å². The Labute approximate surface area is 119 Å². The summed E-state index contributed by atoms with van der Waals surface area (Å²) < 4.78 is 12.5. The molecule has 1 aliphatic rings. The van der Waals surface area contributed by atoms with Gasteiger partial charge in [-0.05, 0) is 25.7 Å². The van der Waals surface area contributed by atoms with Crippen molar-refractivity contribution in [3.63, 3.8) is 0 Å². The highest BCUT2D eigenvalue weighted by Crippen LogP contribution is 2.38. The molecule has 0 aromatic carbocycles. The van der Waals surface area contributed by atoms with Gasteiger partial charge in [0.25, 0.3) is 0 Å². The van der Waals surface area contributed by atoms with E-state index in [1.165, 1.54) is 7.11 Å². The Morgan fingerprint density at radius 2 is 2.30 bits per heavy atom. The molecule has 1 aliphatic heterocycles. The Morgan fingerprint density at radius 1 is 1.60 bits per heavy atom. The zero-order valence-electron chi connectivity index (χ0n) is 12.4. The smallest absolute Gasteiger partial charge is 0.360 e. The third-order valence-corrected chi connectivity index (χ3v) is 4.36. The standard InChI is InChI=1S/C14H23N3O3/c1-4-14(5-2)8-10(6-7-20-14)17-9-16-11(12(17)15)13(18)19-3/h9-10H,4-8,15H2,1-3H3. The van der Waals surface area contributed by atoms with E-state index in [-0.39, 0.29) is 17.3 Å². The highest BCUT2D eigenvalue weighted by atomic mass is 16.5. The third kappa shape index (κ3) is 2.52. The van der Waals surface area contributed by atoms with Crippen LogP contribution in [0, 0.1) is 0 Å². The quantitative estimate of drug-likeness (QED) is 0.855. The molecule has 6 heteroatoms. The number of anilines is 1. The molecule has 1 atom stereocenters. The molecule has 112 valence electrons. The second kappa shape index (κ2) is 5.83. The molecule has 0 aliphatic carbocycles. The van der Waals surface area contributed by atoms with Crippen LogP contribution in [0.1, 0.15) is 56.1 Å². The van der Waals surface area contributed by atoms with Crippen LogP contribution in [0.5, 0.6) is 0 Å². The number of imidazole rings is 1. The van der Waals surface area contributed by atoms with Crippen LogP contribution >= 0.6 is 0 Å². The first-order valence-electron chi connectivity index (χ1n) is 7.11. The van der Waals surface area contributed by atoms with Gasteiger partial charge >= 0.3 is 5.97 Å². The molecule has 0 bridgehead atoms. The van der Waals surface area contributed by atoms with Crippen molar-refractivity contribution >= 4 is 11.8 Å². The molecular weight excluding hydrogens is 258 g/mol. The topological polar surface area (TPSA) is 79.4 Å². The zero-order chi connectivity index (χ0) is 14.8. The fourth-order valence-electron chi connectivity index (χ4n) is 2.90. The monoisotopic (exact) mass is 281 g/mol. The predicted molar refractivity (Wildman–Crippen MR) is 75.5 cm³/mol. The highest BCUT2D eigenvalue weighted by molar-refractivity contribution is 5.92. The summed E-state index contributed by atoms with van der Waals surface area (Å²) >= 11 is 0. The summed E-state index contributed by atoms with van der Waals surface area (Å²) in [5.41, 5.74) is 6.14. The van der Waals surface area contributed by atoms with Crippen molar-refractivity contribution in [3.05, 3.63) is 12.0 Å². The molecule has 1 aromatic heterocycles. The molecule has 0 radical (unpaired) electrons. The van der Waals surface area contributed by atoms with Gasteiger partial charge < -0.3 is 19.8 Å². The van der Waals surface area contributed by atoms with E-state index in [4.69, 9.17) is 10.5 Å². The van der Waals surface area contributed by atoms with Gasteiger partial charge in [0.1, 0.15) is 5.82 Å². The van der Waals surface area contributed by atoms with Gasteiger partial charge in [-0.1, -0.05) is 13.8 Å². The highest BCUT2D eigenvalue weighted by Gasteiger charge is 2.36. The van der Waals surface area contributed by atoms with Crippen molar-refractivity contribution in [1.29, 1.82) is 0 Å². The van der Waals surface area contributed by atoms with Crippen LogP contribution in [-0.4, -0.2) is 34.8 Å². The molecule has 1 unspecified atom stereocenters. The minimum absolute atomic E-state index is 0.0922. The van der Waals surface area contributed by atoms with Gasteiger partial charge in [-0.3, -0.25) is 0 Å². The SMILES string of the molecule is CCC1(CC)CC(n2cnc(C(=O)OC)c2N)CCO1. The molecule has 1 fully saturated rings. The lowest BCUT2D eigenvalue weighted by molar-refractivity contribution is -0.0984. The number of hydrogen-bond acceptors (Lipinski definition) is 5. The van der Waals surface area contributed by atoms with Gasteiger partial charge in [0.05, 0.1) is 19.0 Å². The number of ether oxygens (including phenoxy) is 2. The van der Waals surface area contributed by atoms with E-state index in [2.05, 4.69) is 23.6 Å². The number of esters is 1. The Hall–Kier alpha value is -1.56. The summed E-state index contributed by atoms with van der Waals surface area (Å²) in [5, 5.41) is 0. The normalized spacial score (nSPS) is 21.6. The fourth-order valence-corrected chi connectivity index (χ4v) is 2.90. The average Bonchev–Trinajstić information content (AvgIpc) is 2.88. The number of methoxy groups -OCH3 is 1. The summed E-state index contributed by atoms with van der Waals surface area (Å²) in [6, 6.07) is 0.217. The number of nitrogens with zero attached hydrogens (tertiary/aromatic N) is 2. The second-order valence-electron chi connectivity index (χ2n) is 5.26. The number of carbonyl (C=O) groups excluding carboxylic acids is 1. The van der Waals surface area contributed by atoms with Gasteiger partial charge in [-0.15, -0.1) is 0 Å². The molecule has 0 amide bonds. The van der Waals surface area contributed by atoms with Crippen LogP contribution in [0.15, 0.2) is 6.33 Å². The molecule has 2 rings (SSSR count). The van der Waals surface area contributed by atoms with E-state index in [1.807, 2.05) is 4.57 Å². The average molecular weight is 281 g/mol. The lowest BCUT2D eigenvalue weighted by Crippen LogP contribution is -2.39. The molecule has 0 saturated carbocycles. The van der Waals surface area contributed by atoms with E-state index in [0.29, 0.717) is 12.4 Å². The Balaban J connectivity index is 2.24. The molecule has 2 N–H and O–H groups in total. The maximum absolute atomic E-state index is 11.6. The van der Waals surface area contributed by atoms with Crippen molar-refractivity contribution in [3.8, 4) is 0 Å². The van der Waals surface area contributed by atoms with Crippen LogP contribution in [-0.2, 0) is 9.47 Å². The Morgan fingerprint density at radius 3 is 2.90 bits per heavy atom. The number of rotatable bonds is 4. The molecular formula is C14H23N3O3. The van der Waals surface area contributed by atoms with Crippen LogP contribution in [0.25, 0.3) is 0 Å². The number of aromatic nitrogens is 2. The van der Waals surface area contributed by atoms with Crippen molar-refractivity contribution in [2.24, 2.45) is 0 Å². The summed E-state index contributed by atoms with van der Waals surface area (Å²) in [7, 11) is 1.33. The summed E-state index contributed by atoms with van der Waals surface area (Å²) in [4.78, 5) is 15.7. The molecule has 6 nitrogen and oxygen atoms in total. The summed E-state index contributed by atoms with van der Waals surface area (Å²) in [6.07, 6.45) is 5.34. The third-order valence-electron chi connectivity index (χ3n) is 4.36. The van der Waals surface area contributed by atoms with Gasteiger partial charge in [0, 0.05) is 12.6 Å². The number of nitrogens with two attached hydrogens (primary N) is 1. The van der Waals surface area contributed by atoms with Crippen LogP contribution in [0.4, 0.5) is 5.82 Å². The zero-order valence-corrected chi connectivity index (χ0v) is 12.4. The van der Waals surface area contributed by atoms with Crippen molar-refractivity contribution in [2.75, 3.05) is 19.5 Å². The second-order valence-corrected chi connectivity index (χ2v) is 5.26.